The molecule has 0 spiro atoms. The van der Waals surface area contributed by atoms with Crippen LogP contribution in [0.2, 0.25) is 0 Å². The van der Waals surface area contributed by atoms with Gasteiger partial charge in [0.05, 0.1) is 5.56 Å². The van der Waals surface area contributed by atoms with Crippen LogP contribution in [0.15, 0.2) is 18.2 Å². The van der Waals surface area contributed by atoms with E-state index in [1.807, 2.05) is 0 Å². The largest absolute Gasteiger partial charge is 0.478 e. The van der Waals surface area contributed by atoms with Crippen LogP contribution in [0, 0.1) is 6.92 Å². The molecule has 0 saturated heterocycles. The minimum absolute atomic E-state index is 0.252. The second-order valence-electron chi connectivity index (χ2n) is 4.12. The summed E-state index contributed by atoms with van der Waals surface area (Å²) in [5, 5.41) is 8.94. The highest BCUT2D eigenvalue weighted by Crippen LogP contribution is 2.26. The quantitative estimate of drug-likeness (QED) is 0.771. The number of carbonyl (C=O) groups excluding carboxylic acids is 1. The van der Waals surface area contributed by atoms with Crippen molar-refractivity contribution in [3.05, 3.63) is 34.9 Å². The van der Waals surface area contributed by atoms with E-state index in [2.05, 4.69) is 0 Å². The van der Waals surface area contributed by atoms with E-state index in [0.717, 1.165) is 11.8 Å². The molecule has 80 valence electrons. The third kappa shape index (κ3) is 2.06. The Kier molecular flexibility index (Phi) is 2.93. The van der Waals surface area contributed by atoms with Crippen molar-refractivity contribution < 1.29 is 14.7 Å². The number of benzene rings is 1. The molecule has 0 aliphatic heterocycles. The molecule has 0 heterocycles. The topological polar surface area (TPSA) is 54.4 Å². The molecule has 15 heavy (non-hydrogen) atoms. The van der Waals surface area contributed by atoms with Crippen LogP contribution in [0.1, 0.15) is 35.3 Å². The lowest BCUT2D eigenvalue weighted by atomic mass is 9.82. The third-order valence-electron chi connectivity index (χ3n) is 2.55. The molecule has 3 nitrogen and oxygen atoms in total. The Bertz CT molecular complexity index is 405. The smallest absolute Gasteiger partial charge is 0.335 e. The molecule has 0 fully saturated rings. The normalized spacial score (nSPS) is 11.1. The number of aromatic carboxylic acids is 1. The number of hydrogen-bond acceptors (Lipinski definition) is 2. The van der Waals surface area contributed by atoms with Gasteiger partial charge in [0.2, 0.25) is 0 Å². The van der Waals surface area contributed by atoms with E-state index in [1.54, 1.807) is 39.0 Å². The van der Waals surface area contributed by atoms with Crippen LogP contribution < -0.4 is 0 Å². The Morgan fingerprint density at radius 3 is 2.47 bits per heavy atom. The van der Waals surface area contributed by atoms with E-state index in [0.29, 0.717) is 5.56 Å². The Morgan fingerprint density at radius 1 is 1.40 bits per heavy atom. The fraction of sp³-hybridized carbons (Fsp3) is 0.333. The van der Waals surface area contributed by atoms with Gasteiger partial charge in [-0.3, -0.25) is 0 Å². The second kappa shape index (κ2) is 3.85. The summed E-state index contributed by atoms with van der Waals surface area (Å²) in [5.74, 6) is -0.962. The molecule has 3 heteroatoms. The van der Waals surface area contributed by atoms with Crippen molar-refractivity contribution in [2.24, 2.45) is 0 Å². The van der Waals surface area contributed by atoms with Crippen LogP contribution in [0.3, 0.4) is 0 Å². The zero-order valence-electron chi connectivity index (χ0n) is 9.07. The van der Waals surface area contributed by atoms with Crippen LogP contribution in [0.5, 0.6) is 0 Å². The summed E-state index contributed by atoms with van der Waals surface area (Å²) in [6, 6.07) is 5.00. The molecule has 0 aliphatic carbocycles. The third-order valence-corrected chi connectivity index (χ3v) is 2.55. The summed E-state index contributed by atoms with van der Waals surface area (Å²) in [6.07, 6.45) is 0.834. The fourth-order valence-corrected chi connectivity index (χ4v) is 1.63. The standard InChI is InChI=1S/C12H14O3/c1-8-9(11(14)15)5-4-6-10(8)12(2,3)7-13/h4-7H,1-3H3,(H,14,15). The van der Waals surface area contributed by atoms with Crippen molar-refractivity contribution in [2.45, 2.75) is 26.2 Å². The van der Waals surface area contributed by atoms with Gasteiger partial charge in [-0.15, -0.1) is 0 Å². The van der Waals surface area contributed by atoms with Gasteiger partial charge in [-0.2, -0.15) is 0 Å². The Hall–Kier alpha value is -1.64. The van der Waals surface area contributed by atoms with E-state index in [9.17, 15) is 9.59 Å². The lowest BCUT2D eigenvalue weighted by molar-refractivity contribution is -0.111. The predicted molar refractivity (Wildman–Crippen MR) is 57.2 cm³/mol. The maximum atomic E-state index is 10.9. The first kappa shape index (κ1) is 11.4. The number of carboxylic acid groups (broad SMARTS) is 1. The zero-order chi connectivity index (χ0) is 11.6. The first-order valence-electron chi connectivity index (χ1n) is 4.70. The van der Waals surface area contributed by atoms with Gasteiger partial charge in [-0.05, 0) is 38.0 Å². The molecule has 0 aromatic heterocycles. The van der Waals surface area contributed by atoms with E-state index in [4.69, 9.17) is 5.11 Å². The second-order valence-corrected chi connectivity index (χ2v) is 4.12. The van der Waals surface area contributed by atoms with Crippen LogP contribution in [-0.2, 0) is 10.2 Å². The molecule has 1 N–H and O–H groups in total. The molecule has 0 unspecified atom stereocenters. The Labute approximate surface area is 88.7 Å². The summed E-state index contributed by atoms with van der Waals surface area (Å²) in [6.45, 7) is 5.27. The van der Waals surface area contributed by atoms with Gasteiger partial charge in [0.15, 0.2) is 0 Å². The summed E-state index contributed by atoms with van der Waals surface area (Å²) < 4.78 is 0. The van der Waals surface area contributed by atoms with Crippen molar-refractivity contribution in [1.29, 1.82) is 0 Å². The predicted octanol–water partition coefficient (Wildman–Crippen LogP) is 2.17. The summed E-state index contributed by atoms with van der Waals surface area (Å²) >= 11 is 0. The lowest BCUT2D eigenvalue weighted by Crippen LogP contribution is -2.21. The van der Waals surface area contributed by atoms with E-state index in [1.165, 1.54) is 0 Å². The summed E-state index contributed by atoms with van der Waals surface area (Å²) in [5.41, 5.74) is 1.03. The van der Waals surface area contributed by atoms with Crippen molar-refractivity contribution in [3.8, 4) is 0 Å². The first-order valence-corrected chi connectivity index (χ1v) is 4.70. The number of carboxylic acids is 1. The molecule has 0 amide bonds. The van der Waals surface area contributed by atoms with Gasteiger partial charge in [-0.25, -0.2) is 4.79 Å². The SMILES string of the molecule is Cc1c(C(=O)O)cccc1C(C)(C)C=O. The molecular formula is C12H14O3. The number of carbonyl (C=O) groups is 2. The van der Waals surface area contributed by atoms with Crippen molar-refractivity contribution in [2.75, 3.05) is 0 Å². The lowest BCUT2D eigenvalue weighted by Gasteiger charge is -2.20. The van der Waals surface area contributed by atoms with Crippen LogP contribution in [0.4, 0.5) is 0 Å². The van der Waals surface area contributed by atoms with Crippen LogP contribution >= 0.6 is 0 Å². The molecular weight excluding hydrogens is 192 g/mol. The summed E-state index contributed by atoms with van der Waals surface area (Å²) in [7, 11) is 0. The maximum Gasteiger partial charge on any atom is 0.335 e. The molecule has 1 aromatic carbocycles. The molecule has 0 saturated carbocycles. The molecule has 1 aromatic rings. The van der Waals surface area contributed by atoms with Gasteiger partial charge in [0.25, 0.3) is 0 Å². The van der Waals surface area contributed by atoms with Crippen molar-refractivity contribution >= 4 is 12.3 Å². The van der Waals surface area contributed by atoms with E-state index < -0.39 is 11.4 Å². The van der Waals surface area contributed by atoms with Gasteiger partial charge >= 0.3 is 5.97 Å². The average Bonchev–Trinajstić information content (AvgIpc) is 2.17. The minimum atomic E-state index is -0.962. The highest BCUT2D eigenvalue weighted by Gasteiger charge is 2.23. The molecule has 0 aliphatic rings. The summed E-state index contributed by atoms with van der Waals surface area (Å²) in [4.78, 5) is 21.8. The number of aldehydes is 1. The maximum absolute atomic E-state index is 10.9. The van der Waals surface area contributed by atoms with Gasteiger partial charge in [0.1, 0.15) is 6.29 Å². The molecule has 0 bridgehead atoms. The van der Waals surface area contributed by atoms with Crippen molar-refractivity contribution in [3.63, 3.8) is 0 Å². The van der Waals surface area contributed by atoms with Gasteiger partial charge in [-0.1, -0.05) is 12.1 Å². The highest BCUT2D eigenvalue weighted by molar-refractivity contribution is 5.90. The van der Waals surface area contributed by atoms with Gasteiger partial charge < -0.3 is 9.90 Å². The highest BCUT2D eigenvalue weighted by atomic mass is 16.4. The zero-order valence-corrected chi connectivity index (χ0v) is 9.07. The minimum Gasteiger partial charge on any atom is -0.478 e. The van der Waals surface area contributed by atoms with E-state index in [-0.39, 0.29) is 5.56 Å². The van der Waals surface area contributed by atoms with Crippen molar-refractivity contribution in [1.82, 2.24) is 0 Å². The number of rotatable bonds is 3. The average molecular weight is 206 g/mol. The van der Waals surface area contributed by atoms with Crippen LogP contribution in [0.25, 0.3) is 0 Å². The van der Waals surface area contributed by atoms with Crippen LogP contribution in [-0.4, -0.2) is 17.4 Å². The number of hydrogen-bond donors (Lipinski definition) is 1. The fourth-order valence-electron chi connectivity index (χ4n) is 1.63. The molecule has 0 atom stereocenters. The Morgan fingerprint density at radius 2 is 2.00 bits per heavy atom. The monoisotopic (exact) mass is 206 g/mol. The van der Waals surface area contributed by atoms with E-state index >= 15 is 0 Å². The van der Waals surface area contributed by atoms with Gasteiger partial charge in [0, 0.05) is 5.41 Å². The molecule has 1 rings (SSSR count). The first-order chi connectivity index (χ1) is 6.90. The Balaban J connectivity index is 3.39. The molecule has 0 radical (unpaired) electrons.